The van der Waals surface area contributed by atoms with Gasteiger partial charge in [0.05, 0.1) is 5.56 Å². The van der Waals surface area contributed by atoms with E-state index in [9.17, 15) is 9.59 Å². The average Bonchev–Trinajstić information content (AvgIpc) is 2.74. The van der Waals surface area contributed by atoms with Crippen molar-refractivity contribution >= 4 is 29.2 Å². The van der Waals surface area contributed by atoms with E-state index in [1.807, 2.05) is 42.2 Å². The lowest BCUT2D eigenvalue weighted by molar-refractivity contribution is -0.136. The van der Waals surface area contributed by atoms with Crippen molar-refractivity contribution in [2.45, 2.75) is 32.1 Å². The predicted octanol–water partition coefficient (Wildman–Crippen LogP) is 3.60. The van der Waals surface area contributed by atoms with Crippen molar-refractivity contribution in [1.82, 2.24) is 14.8 Å². The summed E-state index contributed by atoms with van der Waals surface area (Å²) in [6.45, 7) is 3.34. The third-order valence-electron chi connectivity index (χ3n) is 5.71. The Morgan fingerprint density at radius 3 is 2.47 bits per heavy atom. The number of rotatable bonds is 5. The van der Waals surface area contributed by atoms with Crippen molar-refractivity contribution in [2.75, 3.05) is 32.9 Å². The van der Waals surface area contributed by atoms with Gasteiger partial charge in [0.2, 0.25) is 5.91 Å². The highest BCUT2D eigenvalue weighted by Gasteiger charge is 2.28. The number of likely N-dealkylation sites (tertiary alicyclic amines) is 1. The third kappa shape index (κ3) is 4.93. The first-order chi connectivity index (χ1) is 14.3. The van der Waals surface area contributed by atoms with Crippen LogP contribution in [0.3, 0.4) is 0 Å². The van der Waals surface area contributed by atoms with E-state index in [0.717, 1.165) is 24.1 Å². The molecular weight excluding hydrogens is 400 g/mol. The predicted molar refractivity (Wildman–Crippen MR) is 120 cm³/mol. The highest BCUT2D eigenvalue weighted by Crippen LogP contribution is 2.29. The number of aromatic nitrogens is 1. The third-order valence-corrected chi connectivity index (χ3v) is 6.08. The second-order valence-corrected chi connectivity index (χ2v) is 8.57. The summed E-state index contributed by atoms with van der Waals surface area (Å²) >= 11 is 6.24. The number of nitrogens with zero attached hydrogens (tertiary/aromatic N) is 3. The van der Waals surface area contributed by atoms with Crippen LogP contribution in [0.15, 0.2) is 36.4 Å². The van der Waals surface area contributed by atoms with E-state index in [1.54, 1.807) is 20.2 Å². The van der Waals surface area contributed by atoms with Gasteiger partial charge >= 0.3 is 0 Å². The Balaban J connectivity index is 1.59. The van der Waals surface area contributed by atoms with E-state index in [4.69, 9.17) is 17.3 Å². The van der Waals surface area contributed by atoms with Gasteiger partial charge in [-0.2, -0.15) is 0 Å². The molecular formula is C23H29ClN4O2. The molecule has 1 aromatic carbocycles. The highest BCUT2D eigenvalue weighted by atomic mass is 35.5. The van der Waals surface area contributed by atoms with Gasteiger partial charge in [0, 0.05) is 49.7 Å². The number of pyridine rings is 1. The maximum atomic E-state index is 12.9. The zero-order valence-corrected chi connectivity index (χ0v) is 18.5. The van der Waals surface area contributed by atoms with Crippen molar-refractivity contribution in [3.8, 4) is 0 Å². The summed E-state index contributed by atoms with van der Waals surface area (Å²) in [7, 11) is 3.38. The molecule has 0 spiro atoms. The lowest BCUT2D eigenvalue weighted by atomic mass is 9.91. The van der Waals surface area contributed by atoms with E-state index in [2.05, 4.69) is 4.98 Å². The number of hydrogen-bond acceptors (Lipinski definition) is 4. The number of nitrogen functional groups attached to an aromatic ring is 1. The molecule has 2 amide bonds. The van der Waals surface area contributed by atoms with Gasteiger partial charge in [-0.1, -0.05) is 36.7 Å². The first-order valence-electron chi connectivity index (χ1n) is 10.3. The maximum Gasteiger partial charge on any atom is 0.257 e. The van der Waals surface area contributed by atoms with Crippen LogP contribution in [-0.4, -0.2) is 53.8 Å². The summed E-state index contributed by atoms with van der Waals surface area (Å²) in [5, 5.41) is 0.704. The van der Waals surface area contributed by atoms with E-state index < -0.39 is 0 Å². The summed E-state index contributed by atoms with van der Waals surface area (Å²) in [5.74, 6) is 0.385. The second-order valence-electron chi connectivity index (χ2n) is 8.16. The average molecular weight is 429 g/mol. The Morgan fingerprint density at radius 2 is 1.87 bits per heavy atom. The number of carbonyl (C=O) groups excluding carboxylic acids is 2. The van der Waals surface area contributed by atoms with Gasteiger partial charge < -0.3 is 15.5 Å². The van der Waals surface area contributed by atoms with Crippen LogP contribution in [0.5, 0.6) is 0 Å². The van der Waals surface area contributed by atoms with Gasteiger partial charge in [-0.3, -0.25) is 9.59 Å². The molecule has 160 valence electrons. The van der Waals surface area contributed by atoms with Crippen molar-refractivity contribution in [1.29, 1.82) is 0 Å². The molecule has 0 radical (unpaired) electrons. The molecule has 1 aliphatic rings. The Labute approximate surface area is 183 Å². The van der Waals surface area contributed by atoms with Crippen molar-refractivity contribution in [3.05, 3.63) is 58.2 Å². The molecule has 0 bridgehead atoms. The summed E-state index contributed by atoms with van der Waals surface area (Å²) in [6, 6.07) is 11.3. The standard InChI is InChI=1S/C23H29ClN4O2/c1-15(14-17-6-4-5-7-19(17)24)22(29)28-12-10-16(11-13-28)20-9-8-18(21(25)26-20)23(30)27(2)3/h4-9,15-16H,10-14H2,1-3H3,(H2,25,26). The molecule has 7 heteroatoms. The monoisotopic (exact) mass is 428 g/mol. The zero-order valence-electron chi connectivity index (χ0n) is 17.8. The van der Waals surface area contributed by atoms with Crippen LogP contribution in [0.25, 0.3) is 0 Å². The number of amides is 2. The number of nitrogens with two attached hydrogens (primary N) is 1. The van der Waals surface area contributed by atoms with Crippen LogP contribution >= 0.6 is 11.6 Å². The van der Waals surface area contributed by atoms with Gasteiger partial charge in [0.25, 0.3) is 5.91 Å². The SMILES string of the molecule is CC(Cc1ccccc1Cl)C(=O)N1CCC(c2ccc(C(=O)N(C)C)c(N)n2)CC1. The van der Waals surface area contributed by atoms with E-state index in [0.29, 0.717) is 30.1 Å². The summed E-state index contributed by atoms with van der Waals surface area (Å²) in [4.78, 5) is 32.9. The molecule has 0 saturated carbocycles. The minimum absolute atomic E-state index is 0.119. The van der Waals surface area contributed by atoms with Crippen molar-refractivity contribution < 1.29 is 9.59 Å². The molecule has 3 rings (SSSR count). The number of benzene rings is 1. The fourth-order valence-corrected chi connectivity index (χ4v) is 4.14. The fourth-order valence-electron chi connectivity index (χ4n) is 3.93. The topological polar surface area (TPSA) is 79.5 Å². The fraction of sp³-hybridized carbons (Fsp3) is 0.435. The largest absolute Gasteiger partial charge is 0.383 e. The molecule has 1 aromatic heterocycles. The number of carbonyl (C=O) groups is 2. The lowest BCUT2D eigenvalue weighted by Crippen LogP contribution is -2.41. The number of piperidine rings is 1. The minimum Gasteiger partial charge on any atom is -0.383 e. The van der Waals surface area contributed by atoms with Crippen molar-refractivity contribution in [3.63, 3.8) is 0 Å². The molecule has 6 nitrogen and oxygen atoms in total. The molecule has 1 fully saturated rings. The minimum atomic E-state index is -0.153. The van der Waals surface area contributed by atoms with Crippen molar-refractivity contribution in [2.24, 2.45) is 5.92 Å². The Morgan fingerprint density at radius 1 is 1.20 bits per heavy atom. The van der Waals surface area contributed by atoms with Crippen LogP contribution in [0.2, 0.25) is 5.02 Å². The van der Waals surface area contributed by atoms with Crippen LogP contribution in [0.1, 0.15) is 47.3 Å². The highest BCUT2D eigenvalue weighted by molar-refractivity contribution is 6.31. The molecule has 1 unspecified atom stereocenters. The smallest absolute Gasteiger partial charge is 0.257 e. The second kappa shape index (κ2) is 9.47. The molecule has 1 aliphatic heterocycles. The molecule has 2 aromatic rings. The molecule has 0 aliphatic carbocycles. The van der Waals surface area contributed by atoms with Crippen LogP contribution < -0.4 is 5.73 Å². The van der Waals surface area contributed by atoms with Gasteiger partial charge in [-0.25, -0.2) is 4.98 Å². The first kappa shape index (κ1) is 22.1. The Kier molecular flexibility index (Phi) is 6.98. The van der Waals surface area contributed by atoms with Crippen LogP contribution in [0, 0.1) is 5.92 Å². The van der Waals surface area contributed by atoms with E-state index in [-0.39, 0.29) is 29.5 Å². The molecule has 30 heavy (non-hydrogen) atoms. The van der Waals surface area contributed by atoms with Gasteiger partial charge in [-0.15, -0.1) is 0 Å². The molecule has 1 saturated heterocycles. The van der Waals surface area contributed by atoms with Gasteiger partial charge in [0.15, 0.2) is 0 Å². The van der Waals surface area contributed by atoms with Crippen LogP contribution in [0.4, 0.5) is 5.82 Å². The summed E-state index contributed by atoms with van der Waals surface area (Å²) < 4.78 is 0. The van der Waals surface area contributed by atoms with Crippen LogP contribution in [-0.2, 0) is 11.2 Å². The summed E-state index contributed by atoms with van der Waals surface area (Å²) in [5.41, 5.74) is 8.34. The number of hydrogen-bond donors (Lipinski definition) is 1. The normalized spacial score (nSPS) is 15.7. The zero-order chi connectivity index (χ0) is 21.8. The maximum absolute atomic E-state index is 12.9. The molecule has 1 atom stereocenters. The Bertz CT molecular complexity index is 923. The van der Waals surface area contributed by atoms with E-state index >= 15 is 0 Å². The lowest BCUT2D eigenvalue weighted by Gasteiger charge is -2.33. The number of anilines is 1. The number of halogens is 1. The molecule has 2 N–H and O–H groups in total. The van der Waals surface area contributed by atoms with E-state index in [1.165, 1.54) is 4.90 Å². The quantitative estimate of drug-likeness (QED) is 0.788. The Hall–Kier alpha value is -2.60. The molecule has 2 heterocycles. The van der Waals surface area contributed by atoms with Gasteiger partial charge in [0.1, 0.15) is 5.82 Å². The summed E-state index contributed by atoms with van der Waals surface area (Å²) in [6.07, 6.45) is 2.30. The first-order valence-corrected chi connectivity index (χ1v) is 10.7. The van der Waals surface area contributed by atoms with Gasteiger partial charge in [-0.05, 0) is 43.0 Å².